The molecule has 0 aliphatic heterocycles. The van der Waals surface area contributed by atoms with E-state index in [0.717, 1.165) is 16.6 Å². The number of benzene rings is 1. The lowest BCUT2D eigenvalue weighted by Gasteiger charge is -2.29. The molecular formula is C20H35FNO+. The van der Waals surface area contributed by atoms with Crippen molar-refractivity contribution >= 4 is 0 Å². The van der Waals surface area contributed by atoms with Crippen LogP contribution < -0.4 is 0 Å². The molecule has 0 amide bonds. The molecule has 0 aliphatic carbocycles. The fraction of sp³-hybridized carbons (Fsp3) is 0.700. The number of nitrogens with zero attached hydrogens (tertiary/aromatic N) is 1. The summed E-state index contributed by atoms with van der Waals surface area (Å²) >= 11 is 0. The fourth-order valence-electron chi connectivity index (χ4n) is 2.73. The largest absolute Gasteiger partial charge is 0.327 e. The van der Waals surface area contributed by atoms with Crippen molar-refractivity contribution in [3.8, 4) is 0 Å². The van der Waals surface area contributed by atoms with Crippen LogP contribution in [0.1, 0.15) is 63.9 Å². The summed E-state index contributed by atoms with van der Waals surface area (Å²) in [6.07, 6.45) is 10.8. The van der Waals surface area contributed by atoms with Gasteiger partial charge < -0.3 is 9.22 Å². The maximum atomic E-state index is 12.8. The van der Waals surface area contributed by atoms with Crippen LogP contribution in [0.4, 0.5) is 4.39 Å². The molecule has 23 heavy (non-hydrogen) atoms. The SMILES string of the molecule is CCCCCCCCCC[N+](C)(C)COCc1ccc(F)cc1. The molecule has 0 heterocycles. The highest BCUT2D eigenvalue weighted by atomic mass is 19.1. The van der Waals surface area contributed by atoms with Gasteiger partial charge in [0.25, 0.3) is 0 Å². The Hall–Kier alpha value is -0.930. The molecule has 0 aliphatic rings. The number of hydrogen-bond acceptors (Lipinski definition) is 1. The fourth-order valence-corrected chi connectivity index (χ4v) is 2.73. The highest BCUT2D eigenvalue weighted by molar-refractivity contribution is 5.14. The first kappa shape index (κ1) is 20.1. The third-order valence-corrected chi connectivity index (χ3v) is 4.24. The van der Waals surface area contributed by atoms with E-state index in [2.05, 4.69) is 21.0 Å². The normalized spacial score (nSPS) is 11.8. The van der Waals surface area contributed by atoms with E-state index in [1.54, 1.807) is 12.1 Å². The highest BCUT2D eigenvalue weighted by Gasteiger charge is 2.14. The second-order valence-electron chi connectivity index (χ2n) is 7.24. The van der Waals surface area contributed by atoms with Gasteiger partial charge in [0.15, 0.2) is 6.73 Å². The molecule has 1 rings (SSSR count). The van der Waals surface area contributed by atoms with Gasteiger partial charge in [0, 0.05) is 0 Å². The van der Waals surface area contributed by atoms with Crippen LogP contribution in [0, 0.1) is 5.82 Å². The van der Waals surface area contributed by atoms with E-state index in [1.165, 1.54) is 63.5 Å². The van der Waals surface area contributed by atoms with E-state index >= 15 is 0 Å². The van der Waals surface area contributed by atoms with Crippen LogP contribution in [-0.4, -0.2) is 31.9 Å². The molecular weight excluding hydrogens is 289 g/mol. The molecule has 2 nitrogen and oxygen atoms in total. The zero-order chi connectivity index (χ0) is 17.0. The van der Waals surface area contributed by atoms with Crippen molar-refractivity contribution in [2.24, 2.45) is 0 Å². The Kier molecular flexibility index (Phi) is 10.1. The van der Waals surface area contributed by atoms with E-state index in [4.69, 9.17) is 4.74 Å². The number of halogens is 1. The minimum atomic E-state index is -0.195. The van der Waals surface area contributed by atoms with Crippen molar-refractivity contribution in [3.05, 3.63) is 35.6 Å². The van der Waals surface area contributed by atoms with Gasteiger partial charge in [-0.1, -0.05) is 57.6 Å². The standard InChI is InChI=1S/C20H35FNO/c1-4-5-6-7-8-9-10-11-16-22(2,3)18-23-17-19-12-14-20(21)15-13-19/h12-15H,4-11,16-18H2,1-3H3/q+1. The molecule has 0 saturated heterocycles. The molecule has 3 heteroatoms. The van der Waals surface area contributed by atoms with Crippen LogP contribution in [0.5, 0.6) is 0 Å². The van der Waals surface area contributed by atoms with E-state index in [1.807, 2.05) is 0 Å². The summed E-state index contributed by atoms with van der Waals surface area (Å²) in [5.74, 6) is -0.195. The van der Waals surface area contributed by atoms with Crippen LogP contribution >= 0.6 is 0 Å². The molecule has 0 aromatic heterocycles. The summed E-state index contributed by atoms with van der Waals surface area (Å²) in [6, 6.07) is 6.54. The molecule has 1 aromatic rings. The van der Waals surface area contributed by atoms with Crippen molar-refractivity contribution in [3.63, 3.8) is 0 Å². The predicted molar refractivity (Wildman–Crippen MR) is 95.6 cm³/mol. The second-order valence-corrected chi connectivity index (χ2v) is 7.24. The summed E-state index contributed by atoms with van der Waals surface area (Å²) in [6.45, 7) is 4.67. The lowest BCUT2D eigenvalue weighted by molar-refractivity contribution is -0.910. The average Bonchev–Trinajstić information content (AvgIpc) is 2.52. The zero-order valence-electron chi connectivity index (χ0n) is 15.3. The number of ether oxygens (including phenoxy) is 1. The first-order valence-electron chi connectivity index (χ1n) is 9.18. The summed E-state index contributed by atoms with van der Waals surface area (Å²) in [5, 5.41) is 0. The topological polar surface area (TPSA) is 9.23 Å². The van der Waals surface area contributed by atoms with Crippen LogP contribution in [0.2, 0.25) is 0 Å². The number of quaternary nitrogens is 1. The lowest BCUT2D eigenvalue weighted by atomic mass is 10.1. The van der Waals surface area contributed by atoms with Crippen molar-refractivity contribution in [1.29, 1.82) is 0 Å². The van der Waals surface area contributed by atoms with Crippen molar-refractivity contribution in [2.45, 2.75) is 64.9 Å². The van der Waals surface area contributed by atoms with Gasteiger partial charge in [-0.2, -0.15) is 0 Å². The van der Waals surface area contributed by atoms with Crippen molar-refractivity contribution < 1.29 is 13.6 Å². The van der Waals surface area contributed by atoms with Gasteiger partial charge in [0.05, 0.1) is 27.2 Å². The molecule has 0 saturated carbocycles. The molecule has 0 radical (unpaired) electrons. The van der Waals surface area contributed by atoms with Gasteiger partial charge in [-0.05, 0) is 30.5 Å². The first-order chi connectivity index (χ1) is 11.0. The number of unbranched alkanes of at least 4 members (excludes halogenated alkanes) is 7. The van der Waals surface area contributed by atoms with E-state index < -0.39 is 0 Å². The lowest BCUT2D eigenvalue weighted by Crippen LogP contribution is -2.42. The number of hydrogen-bond donors (Lipinski definition) is 0. The Balaban J connectivity index is 2.05. The van der Waals surface area contributed by atoms with Crippen LogP contribution in [0.3, 0.4) is 0 Å². The molecule has 132 valence electrons. The van der Waals surface area contributed by atoms with Crippen LogP contribution in [0.25, 0.3) is 0 Å². The zero-order valence-corrected chi connectivity index (χ0v) is 15.3. The van der Waals surface area contributed by atoms with Crippen molar-refractivity contribution in [2.75, 3.05) is 27.4 Å². The smallest absolute Gasteiger partial charge is 0.183 e. The van der Waals surface area contributed by atoms with Gasteiger partial charge in [-0.15, -0.1) is 0 Å². The maximum Gasteiger partial charge on any atom is 0.183 e. The molecule has 0 fully saturated rings. The maximum absolute atomic E-state index is 12.8. The molecule has 0 bridgehead atoms. The minimum Gasteiger partial charge on any atom is -0.327 e. The highest BCUT2D eigenvalue weighted by Crippen LogP contribution is 2.11. The Morgan fingerprint density at radius 3 is 2.04 bits per heavy atom. The van der Waals surface area contributed by atoms with Crippen LogP contribution in [-0.2, 0) is 11.3 Å². The Morgan fingerprint density at radius 1 is 0.870 bits per heavy atom. The summed E-state index contributed by atoms with van der Waals surface area (Å²) in [5.41, 5.74) is 1.03. The Labute approximate surface area is 142 Å². The Bertz CT molecular complexity index is 403. The molecule has 1 aromatic carbocycles. The number of rotatable bonds is 13. The minimum absolute atomic E-state index is 0.195. The predicted octanol–water partition coefficient (Wildman–Crippen LogP) is 5.52. The van der Waals surface area contributed by atoms with E-state index in [-0.39, 0.29) is 5.82 Å². The van der Waals surface area contributed by atoms with Gasteiger partial charge in [-0.3, -0.25) is 0 Å². The van der Waals surface area contributed by atoms with E-state index in [9.17, 15) is 4.39 Å². The van der Waals surface area contributed by atoms with E-state index in [0.29, 0.717) is 13.3 Å². The monoisotopic (exact) mass is 324 g/mol. The molecule has 0 spiro atoms. The van der Waals surface area contributed by atoms with Crippen LogP contribution in [0.15, 0.2) is 24.3 Å². The Morgan fingerprint density at radius 2 is 1.43 bits per heavy atom. The summed E-state index contributed by atoms with van der Waals surface area (Å²) in [7, 11) is 4.43. The van der Waals surface area contributed by atoms with Gasteiger partial charge >= 0.3 is 0 Å². The summed E-state index contributed by atoms with van der Waals surface area (Å²) < 4.78 is 19.5. The third kappa shape index (κ3) is 10.5. The first-order valence-corrected chi connectivity index (χ1v) is 9.18. The quantitative estimate of drug-likeness (QED) is 0.264. The molecule has 0 atom stereocenters. The molecule has 0 N–H and O–H groups in total. The average molecular weight is 325 g/mol. The summed E-state index contributed by atoms with van der Waals surface area (Å²) in [4.78, 5) is 0. The van der Waals surface area contributed by atoms with Crippen molar-refractivity contribution in [1.82, 2.24) is 0 Å². The van der Waals surface area contributed by atoms with Gasteiger partial charge in [0.2, 0.25) is 0 Å². The van der Waals surface area contributed by atoms with Gasteiger partial charge in [0.1, 0.15) is 5.82 Å². The molecule has 0 unspecified atom stereocenters. The third-order valence-electron chi connectivity index (χ3n) is 4.24. The van der Waals surface area contributed by atoms with Gasteiger partial charge in [-0.25, -0.2) is 4.39 Å². The second kappa shape index (κ2) is 11.6.